The maximum absolute atomic E-state index is 14.0. The highest BCUT2D eigenvalue weighted by Crippen LogP contribution is 2.29. The first-order valence-corrected chi connectivity index (χ1v) is 17.8. The van der Waals surface area contributed by atoms with Gasteiger partial charge >= 0.3 is 12.1 Å². The maximum Gasteiger partial charge on any atom is 0.410 e. The lowest BCUT2D eigenvalue weighted by molar-refractivity contribution is -0.142. The van der Waals surface area contributed by atoms with Gasteiger partial charge in [0.2, 0.25) is 0 Å². The van der Waals surface area contributed by atoms with Crippen LogP contribution in [0.1, 0.15) is 61.6 Å². The molecule has 3 fully saturated rings. The summed E-state index contributed by atoms with van der Waals surface area (Å²) in [5.41, 5.74) is 9.53. The Morgan fingerprint density at radius 1 is 1.00 bits per heavy atom. The zero-order valence-corrected chi connectivity index (χ0v) is 27.8. The van der Waals surface area contributed by atoms with Gasteiger partial charge in [-0.3, -0.25) is 4.79 Å². The lowest BCUT2D eigenvalue weighted by Crippen LogP contribution is -2.53. The van der Waals surface area contributed by atoms with Crippen LogP contribution in [0.5, 0.6) is 0 Å². The van der Waals surface area contributed by atoms with E-state index in [-0.39, 0.29) is 24.4 Å². The van der Waals surface area contributed by atoms with E-state index in [0.29, 0.717) is 73.4 Å². The Balaban J connectivity index is 1.10. The SMILES string of the molecule is C#Cc1cc(C[C@@H](OC(=O)N2CCC(N3CCc4cscc4NC3=O)CC2)C(=O)N2CCC(N3CCCCC3)CC2)cc(Cl)c1N. The number of nitrogens with one attached hydrogen (secondary N) is 1. The second-order valence-electron chi connectivity index (χ2n) is 12.8. The van der Waals surface area contributed by atoms with E-state index in [1.54, 1.807) is 28.4 Å². The van der Waals surface area contributed by atoms with Crippen LogP contribution < -0.4 is 11.1 Å². The van der Waals surface area contributed by atoms with E-state index in [2.05, 4.69) is 21.5 Å². The molecule has 12 heteroatoms. The molecule has 3 saturated heterocycles. The number of nitrogens with zero attached hydrogens (tertiary/aromatic N) is 4. The van der Waals surface area contributed by atoms with Crippen LogP contribution in [0.3, 0.4) is 0 Å². The Morgan fingerprint density at radius 2 is 1.70 bits per heavy atom. The molecule has 0 bridgehead atoms. The summed E-state index contributed by atoms with van der Waals surface area (Å²) in [4.78, 5) is 48.5. The molecule has 10 nitrogen and oxygen atoms in total. The highest BCUT2D eigenvalue weighted by Gasteiger charge is 2.36. The van der Waals surface area contributed by atoms with Crippen LogP contribution in [0.4, 0.5) is 21.0 Å². The first kappa shape index (κ1) is 32.5. The summed E-state index contributed by atoms with van der Waals surface area (Å²) < 4.78 is 6.02. The lowest BCUT2D eigenvalue weighted by atomic mass is 9.98. The molecule has 246 valence electrons. The van der Waals surface area contributed by atoms with Gasteiger partial charge in [0, 0.05) is 62.2 Å². The minimum Gasteiger partial charge on any atom is -0.436 e. The highest BCUT2D eigenvalue weighted by atomic mass is 35.5. The molecule has 4 aliphatic heterocycles. The fourth-order valence-electron chi connectivity index (χ4n) is 7.30. The fraction of sp³-hybridized carbons (Fsp3) is 0.559. The molecule has 0 spiro atoms. The van der Waals surface area contributed by atoms with Crippen molar-refractivity contribution in [3.05, 3.63) is 44.6 Å². The lowest BCUT2D eigenvalue weighted by Gasteiger charge is -2.41. The Bertz CT molecular complexity index is 1470. The van der Waals surface area contributed by atoms with Gasteiger partial charge in [0.05, 0.1) is 16.4 Å². The average Bonchev–Trinajstić information content (AvgIpc) is 3.46. The largest absolute Gasteiger partial charge is 0.436 e. The van der Waals surface area contributed by atoms with Gasteiger partial charge in [-0.1, -0.05) is 23.9 Å². The third kappa shape index (κ3) is 7.24. The summed E-state index contributed by atoms with van der Waals surface area (Å²) in [7, 11) is 0. The number of nitrogens with two attached hydrogens (primary N) is 1. The summed E-state index contributed by atoms with van der Waals surface area (Å²) in [6.45, 7) is 5.02. The van der Waals surface area contributed by atoms with Crippen LogP contribution in [-0.2, 0) is 22.4 Å². The molecule has 2 aromatic rings. The first-order chi connectivity index (χ1) is 22.3. The molecule has 3 N–H and O–H groups in total. The predicted octanol–water partition coefficient (Wildman–Crippen LogP) is 5.04. The number of likely N-dealkylation sites (tertiary alicyclic amines) is 3. The molecule has 0 radical (unpaired) electrons. The number of ether oxygens (including phenoxy) is 1. The number of rotatable bonds is 6. The van der Waals surface area contributed by atoms with Crippen LogP contribution in [-0.4, -0.2) is 102 Å². The number of hydrogen-bond donors (Lipinski definition) is 2. The van der Waals surface area contributed by atoms with Gasteiger partial charge in [-0.25, -0.2) is 9.59 Å². The molecule has 0 unspecified atom stereocenters. The molecular formula is C34H43ClN6O4S. The number of halogens is 1. The van der Waals surface area contributed by atoms with Crippen molar-refractivity contribution in [2.75, 3.05) is 56.9 Å². The minimum atomic E-state index is -1.03. The van der Waals surface area contributed by atoms with E-state index in [4.69, 9.17) is 28.5 Å². The number of urea groups is 1. The molecule has 5 heterocycles. The zero-order chi connectivity index (χ0) is 32.2. The van der Waals surface area contributed by atoms with E-state index in [1.165, 1.54) is 19.3 Å². The Hall–Kier alpha value is -3.46. The molecule has 4 aliphatic rings. The van der Waals surface area contributed by atoms with Gasteiger partial charge in [-0.05, 0) is 86.7 Å². The predicted molar refractivity (Wildman–Crippen MR) is 181 cm³/mol. The number of fused-ring (bicyclic) bond motifs is 1. The monoisotopic (exact) mass is 666 g/mol. The molecule has 1 aromatic heterocycles. The third-order valence-electron chi connectivity index (χ3n) is 10.00. The second kappa shape index (κ2) is 14.5. The molecule has 6 rings (SSSR count). The Morgan fingerprint density at radius 3 is 2.41 bits per heavy atom. The highest BCUT2D eigenvalue weighted by molar-refractivity contribution is 7.08. The summed E-state index contributed by atoms with van der Waals surface area (Å²) in [5.74, 6) is 2.35. The molecular weight excluding hydrogens is 624 g/mol. The van der Waals surface area contributed by atoms with Gasteiger partial charge < -0.3 is 35.4 Å². The number of carbonyl (C=O) groups excluding carboxylic acids is 3. The first-order valence-electron chi connectivity index (χ1n) is 16.5. The minimum absolute atomic E-state index is 0.0226. The third-order valence-corrected chi connectivity index (χ3v) is 11.1. The van der Waals surface area contributed by atoms with E-state index in [9.17, 15) is 14.4 Å². The average molecular weight is 667 g/mol. The van der Waals surface area contributed by atoms with Gasteiger partial charge in [-0.15, -0.1) is 17.8 Å². The van der Waals surface area contributed by atoms with Crippen LogP contribution in [0, 0.1) is 12.3 Å². The van der Waals surface area contributed by atoms with Crippen molar-refractivity contribution in [2.45, 2.75) is 76.0 Å². The number of piperidine rings is 3. The summed E-state index contributed by atoms with van der Waals surface area (Å²) in [6, 6.07) is 3.83. The van der Waals surface area contributed by atoms with E-state index in [1.807, 2.05) is 15.2 Å². The van der Waals surface area contributed by atoms with Gasteiger partial charge in [0.15, 0.2) is 6.10 Å². The Labute approximate surface area is 280 Å². The number of amides is 4. The Kier molecular flexibility index (Phi) is 10.3. The van der Waals surface area contributed by atoms with Crippen LogP contribution in [0.2, 0.25) is 5.02 Å². The molecule has 46 heavy (non-hydrogen) atoms. The number of hydrogen-bond acceptors (Lipinski definition) is 7. The number of thiophene rings is 1. The normalized spacial score (nSPS) is 20.8. The van der Waals surface area contributed by atoms with E-state index < -0.39 is 12.2 Å². The maximum atomic E-state index is 14.0. The molecule has 1 aromatic carbocycles. The fourth-order valence-corrected chi connectivity index (χ4v) is 8.37. The number of carbonyl (C=O) groups is 3. The summed E-state index contributed by atoms with van der Waals surface area (Å²) >= 11 is 7.97. The van der Waals surface area contributed by atoms with Crippen LogP contribution >= 0.6 is 22.9 Å². The second-order valence-corrected chi connectivity index (χ2v) is 14.0. The zero-order valence-electron chi connectivity index (χ0n) is 26.2. The molecule has 1 atom stereocenters. The van der Waals surface area contributed by atoms with Crippen molar-refractivity contribution in [3.8, 4) is 12.3 Å². The molecule has 4 amide bonds. The molecule has 0 saturated carbocycles. The van der Waals surface area contributed by atoms with Crippen molar-refractivity contribution in [1.82, 2.24) is 19.6 Å². The quantitative estimate of drug-likeness (QED) is 0.330. The van der Waals surface area contributed by atoms with Crippen molar-refractivity contribution < 1.29 is 19.1 Å². The van der Waals surface area contributed by atoms with Gasteiger partial charge in [0.1, 0.15) is 0 Å². The van der Waals surface area contributed by atoms with Crippen LogP contribution in [0.25, 0.3) is 0 Å². The van der Waals surface area contributed by atoms with Gasteiger partial charge in [0.25, 0.3) is 5.91 Å². The molecule has 0 aliphatic carbocycles. The number of anilines is 2. The van der Waals surface area contributed by atoms with Crippen molar-refractivity contribution in [1.29, 1.82) is 0 Å². The van der Waals surface area contributed by atoms with Crippen molar-refractivity contribution >= 4 is 52.3 Å². The van der Waals surface area contributed by atoms with Crippen LogP contribution in [0.15, 0.2) is 22.9 Å². The summed E-state index contributed by atoms with van der Waals surface area (Å²) in [5, 5.41) is 7.39. The smallest absolute Gasteiger partial charge is 0.410 e. The summed E-state index contributed by atoms with van der Waals surface area (Å²) in [6.07, 6.45) is 11.9. The van der Waals surface area contributed by atoms with E-state index in [0.717, 1.165) is 43.6 Å². The number of benzene rings is 1. The topological polar surface area (TPSA) is 111 Å². The standard InChI is InChI=1S/C34H43ClN6O4S/c1-2-24-18-23(19-28(35)31(24)36)20-30(32(42)39-13-7-26(8-14-39)38-11-4-3-5-12-38)45-34(44)40-15-9-27(10-16-40)41-17-6-25-21-46-22-29(25)37-33(41)43/h1,18-19,21-22,26-27,30H,3-17,20,36H2,(H,37,43)/t30-/m1/s1. The van der Waals surface area contributed by atoms with Gasteiger partial charge in [-0.2, -0.15) is 0 Å². The van der Waals surface area contributed by atoms with E-state index >= 15 is 0 Å². The van der Waals surface area contributed by atoms with Crippen molar-refractivity contribution in [3.63, 3.8) is 0 Å². The number of nitrogen functional groups attached to an aromatic ring is 1. The van der Waals surface area contributed by atoms with Crippen molar-refractivity contribution in [2.24, 2.45) is 0 Å². The number of terminal acetylenes is 1.